The third kappa shape index (κ3) is 2.32. The summed E-state index contributed by atoms with van der Waals surface area (Å²) in [5, 5.41) is 0. The minimum atomic E-state index is 0.352. The van der Waals surface area contributed by atoms with Crippen LogP contribution in [0.15, 0.2) is 24.3 Å². The van der Waals surface area contributed by atoms with Crippen LogP contribution < -0.4 is 5.73 Å². The number of likely N-dealkylation sites (tertiary alicyclic amines) is 1. The molecule has 0 aromatic heterocycles. The summed E-state index contributed by atoms with van der Waals surface area (Å²) in [4.78, 5) is 2.54. The quantitative estimate of drug-likeness (QED) is 0.750. The van der Waals surface area contributed by atoms with E-state index in [0.29, 0.717) is 5.54 Å². The van der Waals surface area contributed by atoms with Gasteiger partial charge in [0.05, 0.1) is 0 Å². The van der Waals surface area contributed by atoms with Gasteiger partial charge in [0.15, 0.2) is 0 Å². The van der Waals surface area contributed by atoms with Crippen molar-refractivity contribution in [3.63, 3.8) is 0 Å². The van der Waals surface area contributed by atoms with E-state index in [4.69, 9.17) is 5.73 Å². The van der Waals surface area contributed by atoms with Crippen molar-refractivity contribution in [3.8, 4) is 0 Å². The Kier molecular flexibility index (Phi) is 2.70. The van der Waals surface area contributed by atoms with Crippen molar-refractivity contribution in [2.24, 2.45) is 0 Å². The first-order chi connectivity index (χ1) is 7.08. The summed E-state index contributed by atoms with van der Waals surface area (Å²) in [7, 11) is 0. The van der Waals surface area contributed by atoms with Crippen molar-refractivity contribution in [1.82, 2.24) is 4.90 Å². The first-order valence-electron chi connectivity index (χ1n) is 5.67. The largest absolute Gasteiger partial charge is 0.399 e. The van der Waals surface area contributed by atoms with Crippen LogP contribution in [0.25, 0.3) is 0 Å². The van der Waals surface area contributed by atoms with Gasteiger partial charge in [-0.3, -0.25) is 4.90 Å². The Hall–Kier alpha value is -1.02. The van der Waals surface area contributed by atoms with Crippen LogP contribution in [0.2, 0.25) is 0 Å². The lowest BCUT2D eigenvalue weighted by Gasteiger charge is -2.31. The molecule has 0 radical (unpaired) electrons. The highest BCUT2D eigenvalue weighted by Gasteiger charge is 2.31. The molecule has 1 saturated heterocycles. The van der Waals surface area contributed by atoms with Crippen LogP contribution in [0.1, 0.15) is 32.3 Å². The van der Waals surface area contributed by atoms with E-state index in [9.17, 15) is 0 Å². The second kappa shape index (κ2) is 3.86. The van der Waals surface area contributed by atoms with Crippen LogP contribution in [0, 0.1) is 0 Å². The minimum Gasteiger partial charge on any atom is -0.399 e. The Balaban J connectivity index is 2.09. The number of nitrogen functional groups attached to an aromatic ring is 1. The van der Waals surface area contributed by atoms with E-state index in [2.05, 4.69) is 30.9 Å². The summed E-state index contributed by atoms with van der Waals surface area (Å²) in [5.41, 5.74) is 8.32. The van der Waals surface area contributed by atoms with E-state index in [0.717, 1.165) is 12.2 Å². The van der Waals surface area contributed by atoms with Gasteiger partial charge in [-0.25, -0.2) is 0 Å². The summed E-state index contributed by atoms with van der Waals surface area (Å²) in [5.74, 6) is 0. The van der Waals surface area contributed by atoms with Crippen LogP contribution in [0.5, 0.6) is 0 Å². The number of rotatable bonds is 2. The molecule has 0 spiro atoms. The normalized spacial score (nSPS) is 20.7. The maximum absolute atomic E-state index is 5.78. The Morgan fingerprint density at radius 1 is 1.40 bits per heavy atom. The van der Waals surface area contributed by atoms with Crippen LogP contribution >= 0.6 is 0 Å². The van der Waals surface area contributed by atoms with E-state index < -0.39 is 0 Å². The zero-order chi connectivity index (χ0) is 10.9. The van der Waals surface area contributed by atoms with Gasteiger partial charge in [0, 0.05) is 17.8 Å². The highest BCUT2D eigenvalue weighted by atomic mass is 15.2. The van der Waals surface area contributed by atoms with Gasteiger partial charge in [0.1, 0.15) is 0 Å². The molecule has 2 nitrogen and oxygen atoms in total. The lowest BCUT2D eigenvalue weighted by Crippen LogP contribution is -2.37. The molecule has 2 heteroatoms. The zero-order valence-corrected chi connectivity index (χ0v) is 9.66. The molecular formula is C13H20N2. The van der Waals surface area contributed by atoms with Crippen molar-refractivity contribution >= 4 is 5.69 Å². The number of benzene rings is 1. The number of hydrogen-bond acceptors (Lipinski definition) is 2. The first kappa shape index (κ1) is 10.5. The van der Waals surface area contributed by atoms with Crippen LogP contribution in [0.3, 0.4) is 0 Å². The van der Waals surface area contributed by atoms with Crippen molar-refractivity contribution in [2.75, 3.05) is 12.3 Å². The molecule has 1 aromatic rings. The summed E-state index contributed by atoms with van der Waals surface area (Å²) in [6.45, 7) is 6.89. The minimum absolute atomic E-state index is 0.352. The molecule has 1 fully saturated rings. The second-order valence-corrected chi connectivity index (χ2v) is 5.08. The highest BCUT2D eigenvalue weighted by molar-refractivity contribution is 5.40. The standard InChI is InChI=1S/C13H20N2/c1-13(2)7-4-8-15(13)10-11-5-3-6-12(14)9-11/h3,5-6,9H,4,7-8,10,14H2,1-2H3. The summed E-state index contributed by atoms with van der Waals surface area (Å²) in [6.07, 6.45) is 2.62. The molecule has 2 N–H and O–H groups in total. The lowest BCUT2D eigenvalue weighted by atomic mass is 10.0. The average Bonchev–Trinajstić information content (AvgIpc) is 2.46. The molecule has 0 unspecified atom stereocenters. The van der Waals surface area contributed by atoms with E-state index in [1.165, 1.54) is 24.9 Å². The van der Waals surface area contributed by atoms with E-state index in [1.54, 1.807) is 0 Å². The Labute approximate surface area is 92.1 Å². The van der Waals surface area contributed by atoms with Crippen LogP contribution in [0.4, 0.5) is 5.69 Å². The van der Waals surface area contributed by atoms with Crippen molar-refractivity contribution in [3.05, 3.63) is 29.8 Å². The fourth-order valence-electron chi connectivity index (χ4n) is 2.37. The molecule has 0 atom stereocenters. The molecule has 15 heavy (non-hydrogen) atoms. The van der Waals surface area contributed by atoms with Gasteiger partial charge in [-0.05, 0) is 50.9 Å². The van der Waals surface area contributed by atoms with Gasteiger partial charge in [-0.1, -0.05) is 12.1 Å². The van der Waals surface area contributed by atoms with Crippen molar-refractivity contribution < 1.29 is 0 Å². The molecule has 1 aliphatic rings. The smallest absolute Gasteiger partial charge is 0.0317 e. The van der Waals surface area contributed by atoms with E-state index in [-0.39, 0.29) is 0 Å². The van der Waals surface area contributed by atoms with Gasteiger partial charge in [0.2, 0.25) is 0 Å². The molecule has 0 amide bonds. The second-order valence-electron chi connectivity index (χ2n) is 5.08. The van der Waals surface area contributed by atoms with Gasteiger partial charge in [-0.2, -0.15) is 0 Å². The van der Waals surface area contributed by atoms with Gasteiger partial charge in [0.25, 0.3) is 0 Å². The Bertz CT molecular complexity index is 344. The molecule has 2 rings (SSSR count). The molecule has 1 heterocycles. The Morgan fingerprint density at radius 2 is 2.20 bits per heavy atom. The van der Waals surface area contributed by atoms with Crippen molar-refractivity contribution in [2.45, 2.75) is 38.8 Å². The monoisotopic (exact) mass is 204 g/mol. The molecule has 0 aliphatic carbocycles. The van der Waals surface area contributed by atoms with Gasteiger partial charge < -0.3 is 5.73 Å². The predicted octanol–water partition coefficient (Wildman–Crippen LogP) is 2.64. The number of nitrogens with zero attached hydrogens (tertiary/aromatic N) is 1. The van der Waals surface area contributed by atoms with Crippen molar-refractivity contribution in [1.29, 1.82) is 0 Å². The fraction of sp³-hybridized carbons (Fsp3) is 0.538. The number of nitrogens with two attached hydrogens (primary N) is 1. The predicted molar refractivity (Wildman–Crippen MR) is 64.6 cm³/mol. The van der Waals surface area contributed by atoms with E-state index >= 15 is 0 Å². The highest BCUT2D eigenvalue weighted by Crippen LogP contribution is 2.29. The zero-order valence-electron chi connectivity index (χ0n) is 9.66. The Morgan fingerprint density at radius 3 is 2.80 bits per heavy atom. The summed E-state index contributed by atoms with van der Waals surface area (Å²) >= 11 is 0. The molecule has 1 aromatic carbocycles. The average molecular weight is 204 g/mol. The van der Waals surface area contributed by atoms with Gasteiger partial charge >= 0.3 is 0 Å². The maximum Gasteiger partial charge on any atom is 0.0317 e. The van der Waals surface area contributed by atoms with Gasteiger partial charge in [-0.15, -0.1) is 0 Å². The van der Waals surface area contributed by atoms with Crippen LogP contribution in [-0.2, 0) is 6.54 Å². The number of hydrogen-bond donors (Lipinski definition) is 1. The van der Waals surface area contributed by atoms with E-state index in [1.807, 2.05) is 12.1 Å². The number of anilines is 1. The SMILES string of the molecule is CC1(C)CCCN1Cc1cccc(N)c1. The summed E-state index contributed by atoms with van der Waals surface area (Å²) < 4.78 is 0. The molecule has 1 aliphatic heterocycles. The maximum atomic E-state index is 5.78. The third-order valence-electron chi connectivity index (χ3n) is 3.40. The van der Waals surface area contributed by atoms with Crippen LogP contribution in [-0.4, -0.2) is 17.0 Å². The lowest BCUT2D eigenvalue weighted by molar-refractivity contribution is 0.166. The fourth-order valence-corrected chi connectivity index (χ4v) is 2.37. The molecule has 0 saturated carbocycles. The summed E-state index contributed by atoms with van der Waals surface area (Å²) in [6, 6.07) is 8.21. The topological polar surface area (TPSA) is 29.3 Å². The molecule has 82 valence electrons. The molecule has 0 bridgehead atoms. The third-order valence-corrected chi connectivity index (χ3v) is 3.40. The first-order valence-corrected chi connectivity index (χ1v) is 5.67. The molecular weight excluding hydrogens is 184 g/mol.